The summed E-state index contributed by atoms with van der Waals surface area (Å²) < 4.78 is 35.9. The summed E-state index contributed by atoms with van der Waals surface area (Å²) in [7, 11) is 2.08. The monoisotopic (exact) mass is 268 g/mol. The molecule has 0 heterocycles. The molecule has 0 aromatic heterocycles. The molecule has 0 saturated heterocycles. The van der Waals surface area contributed by atoms with Crippen LogP contribution in [0.1, 0.15) is 46.5 Å². The number of hydrogen-bond donors (Lipinski definition) is 1. The Bertz CT molecular complexity index is 205. The van der Waals surface area contributed by atoms with Crippen LogP contribution in [0.25, 0.3) is 0 Å². The van der Waals surface area contributed by atoms with Gasteiger partial charge in [0.25, 0.3) is 0 Å². The zero-order chi connectivity index (χ0) is 14.2. The highest BCUT2D eigenvalue weighted by atomic mass is 19.4. The highest BCUT2D eigenvalue weighted by molar-refractivity contribution is 4.64. The van der Waals surface area contributed by atoms with E-state index in [0.29, 0.717) is 12.5 Å². The second-order valence-corrected chi connectivity index (χ2v) is 5.29. The molecule has 1 atom stereocenters. The van der Waals surface area contributed by atoms with Gasteiger partial charge in [0.1, 0.15) is 0 Å². The molecule has 5 heteroatoms. The normalized spacial score (nSPS) is 14.5. The molecule has 0 aliphatic heterocycles. The summed E-state index contributed by atoms with van der Waals surface area (Å²) in [5.74, 6) is 0. The van der Waals surface area contributed by atoms with Gasteiger partial charge in [-0.1, -0.05) is 0 Å². The number of halogens is 3. The smallest absolute Gasteiger partial charge is 0.314 e. The molecule has 0 bridgehead atoms. The van der Waals surface area contributed by atoms with E-state index in [1.165, 1.54) is 0 Å². The van der Waals surface area contributed by atoms with E-state index in [9.17, 15) is 13.2 Å². The van der Waals surface area contributed by atoms with Gasteiger partial charge in [-0.15, -0.1) is 0 Å². The minimum atomic E-state index is -4.01. The minimum Gasteiger partial charge on any atom is -0.314 e. The van der Waals surface area contributed by atoms with Crippen molar-refractivity contribution in [3.8, 4) is 0 Å². The zero-order valence-corrected chi connectivity index (χ0v) is 12.0. The predicted octanol–water partition coefficient (Wildman–Crippen LogP) is 3.43. The number of hydrogen-bond acceptors (Lipinski definition) is 2. The van der Waals surface area contributed by atoms with Crippen LogP contribution >= 0.6 is 0 Å². The van der Waals surface area contributed by atoms with Crippen LogP contribution in [0.4, 0.5) is 13.2 Å². The summed E-state index contributed by atoms with van der Waals surface area (Å²) in [6, 6.07) is 0.700. The van der Waals surface area contributed by atoms with Crippen LogP contribution < -0.4 is 5.32 Å². The first-order valence-electron chi connectivity index (χ1n) is 6.72. The van der Waals surface area contributed by atoms with E-state index in [1.54, 1.807) is 0 Å². The second-order valence-electron chi connectivity index (χ2n) is 5.29. The van der Waals surface area contributed by atoms with Crippen LogP contribution in [-0.4, -0.2) is 43.3 Å². The fourth-order valence-corrected chi connectivity index (χ4v) is 1.65. The molecule has 0 radical (unpaired) electrons. The molecule has 0 saturated carbocycles. The highest BCUT2D eigenvalue weighted by Gasteiger charge is 2.26. The quantitative estimate of drug-likeness (QED) is 0.645. The molecule has 2 nitrogen and oxygen atoms in total. The maximum atomic E-state index is 12.0. The first-order valence-corrected chi connectivity index (χ1v) is 6.72. The maximum absolute atomic E-state index is 12.0. The van der Waals surface area contributed by atoms with Gasteiger partial charge in [0.2, 0.25) is 0 Å². The Morgan fingerprint density at radius 1 is 1.11 bits per heavy atom. The molecule has 110 valence electrons. The average Bonchev–Trinajstić information content (AvgIpc) is 2.22. The summed E-state index contributed by atoms with van der Waals surface area (Å²) in [5.41, 5.74) is 0. The fourth-order valence-electron chi connectivity index (χ4n) is 1.65. The average molecular weight is 268 g/mol. The van der Waals surface area contributed by atoms with Crippen molar-refractivity contribution in [1.82, 2.24) is 10.2 Å². The summed E-state index contributed by atoms with van der Waals surface area (Å²) in [6.45, 7) is 8.12. The minimum absolute atomic E-state index is 0.164. The van der Waals surface area contributed by atoms with Crippen molar-refractivity contribution in [2.24, 2.45) is 0 Å². The molecule has 0 aromatic rings. The highest BCUT2D eigenvalue weighted by Crippen LogP contribution is 2.22. The third kappa shape index (κ3) is 10.8. The van der Waals surface area contributed by atoms with Crippen LogP contribution in [-0.2, 0) is 0 Å². The molecule has 0 aliphatic rings. The van der Waals surface area contributed by atoms with Crippen molar-refractivity contribution >= 4 is 0 Å². The summed E-state index contributed by atoms with van der Waals surface area (Å²) in [6.07, 6.45) is -2.86. The van der Waals surface area contributed by atoms with Crippen molar-refractivity contribution in [2.75, 3.05) is 20.1 Å². The first kappa shape index (κ1) is 17.7. The predicted molar refractivity (Wildman–Crippen MR) is 69.8 cm³/mol. The number of nitrogens with zero attached hydrogens (tertiary/aromatic N) is 1. The van der Waals surface area contributed by atoms with Gasteiger partial charge in [-0.05, 0) is 60.2 Å². The molecular formula is C13H27F3N2. The van der Waals surface area contributed by atoms with Crippen molar-refractivity contribution in [2.45, 2.75) is 64.7 Å². The Labute approximate surface area is 109 Å². The Hall–Kier alpha value is -0.290. The van der Waals surface area contributed by atoms with Crippen molar-refractivity contribution in [3.05, 3.63) is 0 Å². The lowest BCUT2D eigenvalue weighted by Gasteiger charge is -2.21. The molecular weight excluding hydrogens is 241 g/mol. The van der Waals surface area contributed by atoms with Gasteiger partial charge in [0.15, 0.2) is 0 Å². The number of rotatable bonds is 9. The first-order chi connectivity index (χ1) is 8.22. The Morgan fingerprint density at radius 2 is 1.72 bits per heavy atom. The molecule has 0 aromatic carbocycles. The van der Waals surface area contributed by atoms with E-state index < -0.39 is 12.6 Å². The van der Waals surface area contributed by atoms with Gasteiger partial charge in [-0.25, -0.2) is 0 Å². The zero-order valence-electron chi connectivity index (χ0n) is 12.0. The van der Waals surface area contributed by atoms with Crippen LogP contribution in [0.3, 0.4) is 0 Å². The molecule has 0 aliphatic carbocycles. The van der Waals surface area contributed by atoms with Crippen molar-refractivity contribution in [1.29, 1.82) is 0 Å². The van der Waals surface area contributed by atoms with E-state index in [-0.39, 0.29) is 12.5 Å². The van der Waals surface area contributed by atoms with Gasteiger partial charge >= 0.3 is 6.18 Å². The molecule has 0 amide bonds. The van der Waals surface area contributed by atoms with E-state index in [2.05, 4.69) is 31.1 Å². The fraction of sp³-hybridized carbons (Fsp3) is 1.00. The number of nitrogens with one attached hydrogen (secondary N) is 1. The van der Waals surface area contributed by atoms with Crippen LogP contribution in [0.15, 0.2) is 0 Å². The van der Waals surface area contributed by atoms with Crippen LogP contribution in [0.5, 0.6) is 0 Å². The van der Waals surface area contributed by atoms with Crippen LogP contribution in [0.2, 0.25) is 0 Å². The van der Waals surface area contributed by atoms with E-state index >= 15 is 0 Å². The van der Waals surface area contributed by atoms with E-state index in [4.69, 9.17) is 0 Å². The lowest BCUT2D eigenvalue weighted by atomic mass is 10.1. The maximum Gasteiger partial charge on any atom is 0.389 e. The Morgan fingerprint density at radius 3 is 2.22 bits per heavy atom. The molecule has 1 unspecified atom stereocenters. The van der Waals surface area contributed by atoms with Gasteiger partial charge in [-0.2, -0.15) is 13.2 Å². The molecule has 1 N–H and O–H groups in total. The third-order valence-corrected chi connectivity index (χ3v) is 3.16. The van der Waals surface area contributed by atoms with Gasteiger partial charge in [0.05, 0.1) is 0 Å². The SMILES string of the molecule is CC(CCCC(F)(F)F)NCCCN(C)C(C)C. The second kappa shape index (κ2) is 8.75. The lowest BCUT2D eigenvalue weighted by molar-refractivity contribution is -0.135. The van der Waals surface area contributed by atoms with Gasteiger partial charge < -0.3 is 10.2 Å². The largest absolute Gasteiger partial charge is 0.389 e. The molecule has 0 fully saturated rings. The third-order valence-electron chi connectivity index (χ3n) is 3.16. The summed E-state index contributed by atoms with van der Waals surface area (Å²) in [4.78, 5) is 2.26. The summed E-state index contributed by atoms with van der Waals surface area (Å²) >= 11 is 0. The molecule has 0 spiro atoms. The Balaban J connectivity index is 3.45. The topological polar surface area (TPSA) is 15.3 Å². The van der Waals surface area contributed by atoms with Gasteiger partial charge in [0, 0.05) is 18.5 Å². The van der Waals surface area contributed by atoms with Crippen molar-refractivity contribution < 1.29 is 13.2 Å². The van der Waals surface area contributed by atoms with E-state index in [0.717, 1.165) is 19.5 Å². The van der Waals surface area contributed by atoms with Gasteiger partial charge in [-0.3, -0.25) is 0 Å². The van der Waals surface area contributed by atoms with Crippen molar-refractivity contribution in [3.63, 3.8) is 0 Å². The summed E-state index contributed by atoms with van der Waals surface area (Å²) in [5, 5.41) is 3.27. The lowest BCUT2D eigenvalue weighted by Crippen LogP contribution is -2.32. The number of alkyl halides is 3. The van der Waals surface area contributed by atoms with E-state index in [1.807, 2.05) is 6.92 Å². The molecule has 0 rings (SSSR count). The Kier molecular flexibility index (Phi) is 8.61. The molecule has 18 heavy (non-hydrogen) atoms. The van der Waals surface area contributed by atoms with Crippen LogP contribution in [0, 0.1) is 0 Å². The standard InChI is InChI=1S/C13H27F3N2/c1-11(2)18(4)10-6-9-17-12(3)7-5-8-13(14,15)16/h11-12,17H,5-10H2,1-4H3.